The van der Waals surface area contributed by atoms with Crippen LogP contribution in [0.3, 0.4) is 0 Å². The molecule has 3 rings (SSSR count). The van der Waals surface area contributed by atoms with Gasteiger partial charge in [-0.3, -0.25) is 13.9 Å². The maximum Gasteiger partial charge on any atom is 0.244 e. The second-order valence-electron chi connectivity index (χ2n) is 8.85. The highest BCUT2D eigenvalue weighted by atomic mass is 35.5. The van der Waals surface area contributed by atoms with Crippen LogP contribution in [0.1, 0.15) is 32.3 Å². The Labute approximate surface area is 228 Å². The van der Waals surface area contributed by atoms with E-state index in [-0.39, 0.29) is 12.5 Å². The molecule has 2 amide bonds. The molecule has 1 N–H and O–H groups in total. The molecule has 0 radical (unpaired) electrons. The van der Waals surface area contributed by atoms with Gasteiger partial charge in [-0.2, -0.15) is 0 Å². The minimum absolute atomic E-state index is 0.00430. The lowest BCUT2D eigenvalue weighted by atomic mass is 10.1. The fourth-order valence-electron chi connectivity index (χ4n) is 3.97. The van der Waals surface area contributed by atoms with Crippen LogP contribution in [0.15, 0.2) is 60.7 Å². The number of halogens is 2. The van der Waals surface area contributed by atoms with Gasteiger partial charge in [0.15, 0.2) is 0 Å². The van der Waals surface area contributed by atoms with Crippen LogP contribution in [0, 0.1) is 0 Å². The number of hydrogen-bond acceptors (Lipinski definition) is 4. The second-order valence-corrected chi connectivity index (χ2v) is 11.6. The summed E-state index contributed by atoms with van der Waals surface area (Å²) < 4.78 is 26.9. The van der Waals surface area contributed by atoms with Crippen molar-refractivity contribution in [1.29, 1.82) is 0 Å². The second kappa shape index (κ2) is 12.6. The summed E-state index contributed by atoms with van der Waals surface area (Å²) in [6.45, 7) is 3.64. The molecule has 10 heteroatoms. The number of carbonyl (C=O) groups is 2. The normalized spacial score (nSPS) is 12.2. The van der Waals surface area contributed by atoms with E-state index >= 15 is 0 Å². The van der Waals surface area contributed by atoms with E-state index in [1.54, 1.807) is 37.3 Å². The van der Waals surface area contributed by atoms with Gasteiger partial charge >= 0.3 is 0 Å². The van der Waals surface area contributed by atoms with E-state index in [1.165, 1.54) is 4.90 Å². The first kappa shape index (κ1) is 28.8. The van der Waals surface area contributed by atoms with Crippen LogP contribution in [0.25, 0.3) is 10.8 Å². The summed E-state index contributed by atoms with van der Waals surface area (Å²) in [4.78, 5) is 28.0. The highest BCUT2D eigenvalue weighted by molar-refractivity contribution is 7.92. The van der Waals surface area contributed by atoms with Gasteiger partial charge in [-0.1, -0.05) is 79.0 Å². The smallest absolute Gasteiger partial charge is 0.244 e. The summed E-state index contributed by atoms with van der Waals surface area (Å²) in [5.41, 5.74) is 0.974. The third-order valence-corrected chi connectivity index (χ3v) is 7.78. The number of fused-ring (bicyclic) bond motifs is 1. The lowest BCUT2D eigenvalue weighted by molar-refractivity contribution is -0.139. The number of unbranched alkanes of at least 4 members (excludes halogenated alkanes) is 1. The molecule has 0 fully saturated rings. The Kier molecular flexibility index (Phi) is 9.81. The first-order valence-corrected chi connectivity index (χ1v) is 14.6. The number of nitrogens with zero attached hydrogens (tertiary/aromatic N) is 2. The van der Waals surface area contributed by atoms with Crippen molar-refractivity contribution in [2.75, 3.05) is 23.7 Å². The molecular weight excluding hydrogens is 533 g/mol. The van der Waals surface area contributed by atoms with Gasteiger partial charge in [-0.15, -0.1) is 0 Å². The van der Waals surface area contributed by atoms with Crippen molar-refractivity contribution in [2.24, 2.45) is 0 Å². The van der Waals surface area contributed by atoms with E-state index in [2.05, 4.69) is 5.32 Å². The van der Waals surface area contributed by atoms with E-state index < -0.39 is 28.5 Å². The maximum absolute atomic E-state index is 13.7. The Bertz CT molecular complexity index is 1380. The van der Waals surface area contributed by atoms with Gasteiger partial charge < -0.3 is 10.2 Å². The zero-order valence-corrected chi connectivity index (χ0v) is 23.4. The number of nitrogens with one attached hydrogen (secondary N) is 1. The molecule has 3 aromatic rings. The summed E-state index contributed by atoms with van der Waals surface area (Å²) in [6.07, 6.45) is 2.77. The standard InChI is InChI=1S/C27H31Cl2N3O4S/c1-4-5-15-30-27(34)19(2)31(17-21-13-14-22(28)16-24(21)29)26(33)18-32(37(3,35)36)25-12-8-10-20-9-6-7-11-23(20)25/h6-14,16,19H,4-5,15,17-18H2,1-3H3,(H,30,34). The molecular formula is C27H31Cl2N3O4S. The Hall–Kier alpha value is -2.81. The SMILES string of the molecule is CCCCNC(=O)C(C)N(Cc1ccc(Cl)cc1Cl)C(=O)CN(c1cccc2ccccc12)S(C)(=O)=O. The first-order chi connectivity index (χ1) is 17.5. The third-order valence-electron chi connectivity index (χ3n) is 6.07. The predicted molar refractivity (Wildman–Crippen MR) is 151 cm³/mol. The van der Waals surface area contributed by atoms with E-state index in [4.69, 9.17) is 23.2 Å². The quantitative estimate of drug-likeness (QED) is 0.323. The molecule has 1 unspecified atom stereocenters. The van der Waals surface area contributed by atoms with Gasteiger partial charge in [0.05, 0.1) is 11.9 Å². The van der Waals surface area contributed by atoms with E-state index in [1.807, 2.05) is 37.3 Å². The topological polar surface area (TPSA) is 86.8 Å². The van der Waals surface area contributed by atoms with Crippen LogP contribution in [0.5, 0.6) is 0 Å². The molecule has 0 aliphatic rings. The monoisotopic (exact) mass is 563 g/mol. The molecule has 0 aliphatic carbocycles. The molecule has 37 heavy (non-hydrogen) atoms. The first-order valence-electron chi connectivity index (χ1n) is 12.0. The van der Waals surface area contributed by atoms with Crippen LogP contribution < -0.4 is 9.62 Å². The van der Waals surface area contributed by atoms with E-state index in [0.717, 1.165) is 28.8 Å². The zero-order chi connectivity index (χ0) is 27.2. The number of rotatable bonds is 11. The van der Waals surface area contributed by atoms with Crippen molar-refractivity contribution in [3.8, 4) is 0 Å². The predicted octanol–water partition coefficient (Wildman–Crippen LogP) is 5.25. The third kappa shape index (κ3) is 7.37. The van der Waals surface area contributed by atoms with Crippen LogP contribution in [0.4, 0.5) is 5.69 Å². The van der Waals surface area contributed by atoms with Crippen LogP contribution in [-0.2, 0) is 26.2 Å². The molecule has 0 heterocycles. The van der Waals surface area contributed by atoms with Gasteiger partial charge in [-0.25, -0.2) is 8.42 Å². The van der Waals surface area contributed by atoms with Crippen LogP contribution in [-0.4, -0.2) is 50.5 Å². The van der Waals surface area contributed by atoms with Crippen molar-refractivity contribution in [3.05, 3.63) is 76.3 Å². The zero-order valence-electron chi connectivity index (χ0n) is 21.1. The Morgan fingerprint density at radius 2 is 1.73 bits per heavy atom. The molecule has 0 aromatic heterocycles. The van der Waals surface area contributed by atoms with Crippen molar-refractivity contribution in [3.63, 3.8) is 0 Å². The highest BCUT2D eigenvalue weighted by Gasteiger charge is 2.31. The number of sulfonamides is 1. The molecule has 0 saturated carbocycles. The molecule has 1 atom stereocenters. The molecule has 0 saturated heterocycles. The molecule has 7 nitrogen and oxygen atoms in total. The number of benzene rings is 3. The Balaban J connectivity index is 1.98. The molecule has 3 aromatic carbocycles. The molecule has 198 valence electrons. The average molecular weight is 565 g/mol. The van der Waals surface area contributed by atoms with Gasteiger partial charge in [0.2, 0.25) is 21.8 Å². The van der Waals surface area contributed by atoms with Crippen molar-refractivity contribution < 1.29 is 18.0 Å². The summed E-state index contributed by atoms with van der Waals surface area (Å²) in [5.74, 6) is -0.870. The molecule has 0 spiro atoms. The van der Waals surface area contributed by atoms with Crippen molar-refractivity contribution in [2.45, 2.75) is 39.3 Å². The largest absolute Gasteiger partial charge is 0.354 e. The van der Waals surface area contributed by atoms with Gasteiger partial charge in [0.25, 0.3) is 0 Å². The van der Waals surface area contributed by atoms with Crippen molar-refractivity contribution in [1.82, 2.24) is 10.2 Å². The maximum atomic E-state index is 13.7. The Morgan fingerprint density at radius 3 is 2.41 bits per heavy atom. The number of anilines is 1. The summed E-state index contributed by atoms with van der Waals surface area (Å²) >= 11 is 12.4. The summed E-state index contributed by atoms with van der Waals surface area (Å²) in [5, 5.41) is 5.17. The molecule has 0 bridgehead atoms. The average Bonchev–Trinajstić information content (AvgIpc) is 2.85. The lowest BCUT2D eigenvalue weighted by Gasteiger charge is -2.32. The summed E-state index contributed by atoms with van der Waals surface area (Å²) in [7, 11) is -3.85. The van der Waals surface area contributed by atoms with Gasteiger partial charge in [-0.05, 0) is 42.5 Å². The fraction of sp³-hybridized carbons (Fsp3) is 0.333. The van der Waals surface area contributed by atoms with Crippen LogP contribution in [0.2, 0.25) is 10.0 Å². The number of amides is 2. The minimum Gasteiger partial charge on any atom is -0.354 e. The van der Waals surface area contributed by atoms with Gasteiger partial charge in [0, 0.05) is 28.5 Å². The van der Waals surface area contributed by atoms with E-state index in [0.29, 0.717) is 33.2 Å². The number of carbonyl (C=O) groups excluding carboxylic acids is 2. The van der Waals surface area contributed by atoms with Crippen molar-refractivity contribution >= 4 is 61.5 Å². The summed E-state index contributed by atoms with van der Waals surface area (Å²) in [6, 6.07) is 16.7. The molecule has 0 aliphatic heterocycles. The van der Waals surface area contributed by atoms with Crippen LogP contribution >= 0.6 is 23.2 Å². The van der Waals surface area contributed by atoms with E-state index in [9.17, 15) is 18.0 Å². The number of hydrogen-bond donors (Lipinski definition) is 1. The highest BCUT2D eigenvalue weighted by Crippen LogP contribution is 2.29. The minimum atomic E-state index is -3.85. The van der Waals surface area contributed by atoms with Gasteiger partial charge in [0.1, 0.15) is 12.6 Å². The Morgan fingerprint density at radius 1 is 1.03 bits per heavy atom. The fourth-order valence-corrected chi connectivity index (χ4v) is 5.30. The lowest BCUT2D eigenvalue weighted by Crippen LogP contribution is -2.51.